The van der Waals surface area contributed by atoms with Crippen LogP contribution in [0.25, 0.3) is 0 Å². The molecule has 6 heteroatoms. The molecule has 1 N–H and O–H groups in total. The lowest BCUT2D eigenvalue weighted by atomic mass is 10.2. The van der Waals surface area contributed by atoms with Crippen molar-refractivity contribution in [2.24, 2.45) is 0 Å². The Bertz CT molecular complexity index is 425. The second kappa shape index (κ2) is 7.25. The number of hydrogen-bond acceptors (Lipinski definition) is 5. The molecule has 18 heavy (non-hydrogen) atoms. The zero-order valence-electron chi connectivity index (χ0n) is 10.1. The molecule has 0 saturated heterocycles. The van der Waals surface area contributed by atoms with Crippen molar-refractivity contribution in [2.45, 2.75) is 19.4 Å². The predicted molar refractivity (Wildman–Crippen MR) is 66.3 cm³/mol. The van der Waals surface area contributed by atoms with Gasteiger partial charge in [0.1, 0.15) is 5.75 Å². The van der Waals surface area contributed by atoms with E-state index in [0.29, 0.717) is 18.8 Å². The lowest BCUT2D eigenvalue weighted by Crippen LogP contribution is -2.28. The molecular formula is C12H15N3O3. The van der Waals surface area contributed by atoms with Crippen LogP contribution in [0.1, 0.15) is 13.3 Å². The molecule has 0 amide bonds. The van der Waals surface area contributed by atoms with Crippen molar-refractivity contribution in [3.8, 4) is 11.8 Å². The molecule has 0 aliphatic rings. The highest BCUT2D eigenvalue weighted by atomic mass is 16.6. The zero-order chi connectivity index (χ0) is 13.4. The van der Waals surface area contributed by atoms with Crippen LogP contribution in [0.15, 0.2) is 24.3 Å². The Kier molecular flexibility index (Phi) is 5.61. The molecule has 0 saturated carbocycles. The first-order valence-corrected chi connectivity index (χ1v) is 5.67. The van der Waals surface area contributed by atoms with Gasteiger partial charge in [-0.1, -0.05) is 6.92 Å². The molecule has 0 aromatic heterocycles. The van der Waals surface area contributed by atoms with E-state index >= 15 is 0 Å². The number of non-ortho nitro benzene ring substituents is 1. The quantitative estimate of drug-likeness (QED) is 0.588. The first-order chi connectivity index (χ1) is 8.67. The van der Waals surface area contributed by atoms with Crippen molar-refractivity contribution in [2.75, 3.05) is 13.2 Å². The number of nitriles is 1. The van der Waals surface area contributed by atoms with Crippen molar-refractivity contribution in [3.05, 3.63) is 34.4 Å². The highest BCUT2D eigenvalue weighted by Gasteiger charge is 2.07. The van der Waals surface area contributed by atoms with Gasteiger partial charge in [0.15, 0.2) is 0 Å². The maximum atomic E-state index is 10.4. The van der Waals surface area contributed by atoms with Gasteiger partial charge in [0.25, 0.3) is 5.69 Å². The SMILES string of the molecule is CCNC(C#N)CCOc1ccc([N+](=O)[O-])cc1. The first kappa shape index (κ1) is 13.9. The van der Waals surface area contributed by atoms with Gasteiger partial charge in [-0.15, -0.1) is 0 Å². The predicted octanol–water partition coefficient (Wildman–Crippen LogP) is 1.87. The third-order valence-electron chi connectivity index (χ3n) is 2.33. The van der Waals surface area contributed by atoms with Gasteiger partial charge in [-0.3, -0.25) is 10.1 Å². The highest BCUT2D eigenvalue weighted by molar-refractivity contribution is 5.35. The Hall–Kier alpha value is -2.13. The summed E-state index contributed by atoms with van der Waals surface area (Å²) in [4.78, 5) is 9.99. The third kappa shape index (κ3) is 4.39. The number of ether oxygens (including phenoxy) is 1. The molecule has 0 bridgehead atoms. The van der Waals surface area contributed by atoms with Gasteiger partial charge < -0.3 is 10.1 Å². The van der Waals surface area contributed by atoms with Crippen molar-refractivity contribution in [3.63, 3.8) is 0 Å². The minimum atomic E-state index is -0.458. The second-order valence-corrected chi connectivity index (χ2v) is 3.63. The van der Waals surface area contributed by atoms with Crippen LogP contribution in [0.2, 0.25) is 0 Å². The van der Waals surface area contributed by atoms with Gasteiger partial charge in [0.2, 0.25) is 0 Å². The van der Waals surface area contributed by atoms with Gasteiger partial charge in [-0.25, -0.2) is 0 Å². The summed E-state index contributed by atoms with van der Waals surface area (Å²) >= 11 is 0. The molecule has 96 valence electrons. The largest absolute Gasteiger partial charge is 0.493 e. The van der Waals surface area contributed by atoms with Gasteiger partial charge in [-0.05, 0) is 18.7 Å². The number of nitrogens with one attached hydrogen (secondary N) is 1. The average Bonchev–Trinajstić information content (AvgIpc) is 2.38. The van der Waals surface area contributed by atoms with Crippen LogP contribution in [0, 0.1) is 21.4 Å². The van der Waals surface area contributed by atoms with E-state index in [4.69, 9.17) is 10.00 Å². The van der Waals surface area contributed by atoms with Gasteiger partial charge >= 0.3 is 0 Å². The highest BCUT2D eigenvalue weighted by Crippen LogP contribution is 2.17. The van der Waals surface area contributed by atoms with Gasteiger partial charge in [0, 0.05) is 18.6 Å². The van der Waals surface area contributed by atoms with Gasteiger partial charge in [0.05, 0.1) is 23.6 Å². The van der Waals surface area contributed by atoms with Gasteiger partial charge in [-0.2, -0.15) is 5.26 Å². The summed E-state index contributed by atoms with van der Waals surface area (Å²) in [5, 5.41) is 22.3. The number of rotatable bonds is 7. The van der Waals surface area contributed by atoms with Crippen LogP contribution >= 0.6 is 0 Å². The Morgan fingerprint density at radius 2 is 2.17 bits per heavy atom. The second-order valence-electron chi connectivity index (χ2n) is 3.63. The molecule has 1 rings (SSSR count). The van der Waals surface area contributed by atoms with Crippen LogP contribution in [0.4, 0.5) is 5.69 Å². The van der Waals surface area contributed by atoms with Crippen LogP contribution in [-0.4, -0.2) is 24.1 Å². The smallest absolute Gasteiger partial charge is 0.269 e. The number of hydrogen-bond donors (Lipinski definition) is 1. The molecule has 1 unspecified atom stereocenters. The maximum Gasteiger partial charge on any atom is 0.269 e. The van der Waals surface area contributed by atoms with Crippen LogP contribution in [0.5, 0.6) is 5.75 Å². The van der Waals surface area contributed by atoms with E-state index in [1.807, 2.05) is 6.92 Å². The van der Waals surface area contributed by atoms with E-state index in [9.17, 15) is 10.1 Å². The fourth-order valence-corrected chi connectivity index (χ4v) is 1.42. The summed E-state index contributed by atoms with van der Waals surface area (Å²) in [7, 11) is 0. The molecule has 0 spiro atoms. The third-order valence-corrected chi connectivity index (χ3v) is 2.33. The first-order valence-electron chi connectivity index (χ1n) is 5.67. The minimum absolute atomic E-state index is 0.0323. The van der Waals surface area contributed by atoms with Crippen LogP contribution in [0.3, 0.4) is 0 Å². The summed E-state index contributed by atoms with van der Waals surface area (Å²) in [6, 6.07) is 7.78. The number of nitro groups is 1. The van der Waals surface area contributed by atoms with Crippen LogP contribution < -0.4 is 10.1 Å². The zero-order valence-corrected chi connectivity index (χ0v) is 10.1. The summed E-state index contributed by atoms with van der Waals surface area (Å²) in [6.07, 6.45) is 0.571. The summed E-state index contributed by atoms with van der Waals surface area (Å²) in [5.74, 6) is 0.564. The minimum Gasteiger partial charge on any atom is -0.493 e. The summed E-state index contributed by atoms with van der Waals surface area (Å²) in [5.41, 5.74) is 0.0323. The lowest BCUT2D eigenvalue weighted by Gasteiger charge is -2.10. The topological polar surface area (TPSA) is 88.2 Å². The molecule has 1 aromatic rings. The van der Waals surface area contributed by atoms with E-state index in [1.54, 1.807) is 12.1 Å². The van der Waals surface area contributed by atoms with Crippen molar-refractivity contribution in [1.29, 1.82) is 5.26 Å². The Morgan fingerprint density at radius 1 is 1.50 bits per heavy atom. The Balaban J connectivity index is 2.40. The fourth-order valence-electron chi connectivity index (χ4n) is 1.42. The summed E-state index contributed by atoms with van der Waals surface area (Å²) < 4.78 is 5.41. The molecule has 0 aliphatic heterocycles. The normalized spacial score (nSPS) is 11.6. The van der Waals surface area contributed by atoms with E-state index < -0.39 is 4.92 Å². The van der Waals surface area contributed by atoms with E-state index in [0.717, 1.165) is 6.54 Å². The standard InChI is InChI=1S/C12H15N3O3/c1-2-14-10(9-13)7-8-18-12-5-3-11(4-6-12)15(16)17/h3-6,10,14H,2,7-8H2,1H3. The van der Waals surface area contributed by atoms with Crippen molar-refractivity contribution in [1.82, 2.24) is 5.32 Å². The molecular weight excluding hydrogens is 234 g/mol. The van der Waals surface area contributed by atoms with Crippen molar-refractivity contribution < 1.29 is 9.66 Å². The molecule has 1 atom stereocenters. The summed E-state index contributed by atoms with van der Waals surface area (Å²) in [6.45, 7) is 3.06. The van der Waals surface area contributed by atoms with E-state index in [2.05, 4.69) is 11.4 Å². The molecule has 1 aromatic carbocycles. The molecule has 6 nitrogen and oxygen atoms in total. The Labute approximate surface area is 105 Å². The average molecular weight is 249 g/mol. The molecule has 0 aliphatic carbocycles. The van der Waals surface area contributed by atoms with E-state index in [1.165, 1.54) is 12.1 Å². The molecule has 0 heterocycles. The van der Waals surface area contributed by atoms with Crippen molar-refractivity contribution >= 4 is 5.69 Å². The Morgan fingerprint density at radius 3 is 2.67 bits per heavy atom. The number of benzene rings is 1. The molecule has 0 fully saturated rings. The number of nitrogens with zero attached hydrogens (tertiary/aromatic N) is 2. The monoisotopic (exact) mass is 249 g/mol. The number of nitro benzene ring substituents is 1. The lowest BCUT2D eigenvalue weighted by molar-refractivity contribution is -0.384. The maximum absolute atomic E-state index is 10.4. The molecule has 0 radical (unpaired) electrons. The fraction of sp³-hybridized carbons (Fsp3) is 0.417. The van der Waals surface area contributed by atoms with Crippen LogP contribution in [-0.2, 0) is 0 Å². The van der Waals surface area contributed by atoms with E-state index in [-0.39, 0.29) is 11.7 Å².